The molecule has 0 saturated carbocycles. The maximum Gasteiger partial charge on any atom is 0.126 e. The molecule has 2 heteroatoms. The molecule has 3 aromatic rings. The third kappa shape index (κ3) is 3.72. The van der Waals surface area contributed by atoms with Crippen molar-refractivity contribution in [1.82, 2.24) is 5.32 Å². The van der Waals surface area contributed by atoms with Crippen molar-refractivity contribution in [2.24, 2.45) is 0 Å². The van der Waals surface area contributed by atoms with E-state index in [2.05, 4.69) is 79.0 Å². The van der Waals surface area contributed by atoms with Gasteiger partial charge in [0, 0.05) is 18.0 Å². The summed E-state index contributed by atoms with van der Waals surface area (Å²) in [5.74, 6) is 0.939. The third-order valence-corrected chi connectivity index (χ3v) is 4.22. The van der Waals surface area contributed by atoms with E-state index in [-0.39, 0.29) is 0 Å². The molecule has 0 amide bonds. The van der Waals surface area contributed by atoms with E-state index in [0.717, 1.165) is 18.7 Å². The standard InChI is InChI=1S/C21H23NO/c1-16(22-15-17-8-4-3-5-9-17)14-18-12-13-21(23-2)20-11-7-6-10-19(18)20/h3-13,16,22H,14-15H2,1-2H3. The van der Waals surface area contributed by atoms with Gasteiger partial charge in [-0.2, -0.15) is 0 Å². The second kappa shape index (κ2) is 7.30. The van der Waals surface area contributed by atoms with Crippen LogP contribution in [0, 0.1) is 0 Å². The van der Waals surface area contributed by atoms with E-state index >= 15 is 0 Å². The molecule has 0 radical (unpaired) electrons. The summed E-state index contributed by atoms with van der Waals surface area (Å²) in [6.07, 6.45) is 0.997. The van der Waals surface area contributed by atoms with Gasteiger partial charge in [-0.15, -0.1) is 0 Å². The molecule has 0 aliphatic carbocycles. The van der Waals surface area contributed by atoms with Crippen molar-refractivity contribution < 1.29 is 4.74 Å². The normalized spacial score (nSPS) is 12.3. The zero-order valence-electron chi connectivity index (χ0n) is 13.8. The quantitative estimate of drug-likeness (QED) is 0.720. The van der Waals surface area contributed by atoms with E-state index in [9.17, 15) is 0 Å². The lowest BCUT2D eigenvalue weighted by molar-refractivity contribution is 0.419. The Hall–Kier alpha value is -2.32. The number of rotatable bonds is 6. The zero-order chi connectivity index (χ0) is 16.1. The maximum atomic E-state index is 5.48. The van der Waals surface area contributed by atoms with Crippen molar-refractivity contribution in [3.63, 3.8) is 0 Å². The number of hydrogen-bond acceptors (Lipinski definition) is 2. The minimum atomic E-state index is 0.409. The summed E-state index contributed by atoms with van der Waals surface area (Å²) >= 11 is 0. The molecular formula is C21H23NO. The Labute approximate surface area is 138 Å². The molecule has 2 nitrogen and oxygen atoms in total. The Balaban J connectivity index is 1.73. The topological polar surface area (TPSA) is 21.3 Å². The molecule has 0 saturated heterocycles. The lowest BCUT2D eigenvalue weighted by Crippen LogP contribution is -2.27. The predicted octanol–water partition coefficient (Wildman–Crippen LogP) is 4.57. The van der Waals surface area contributed by atoms with Crippen LogP contribution in [0.15, 0.2) is 66.7 Å². The van der Waals surface area contributed by atoms with Gasteiger partial charge in [0.1, 0.15) is 5.75 Å². The van der Waals surface area contributed by atoms with Gasteiger partial charge in [-0.05, 0) is 35.9 Å². The van der Waals surface area contributed by atoms with Gasteiger partial charge in [0.15, 0.2) is 0 Å². The van der Waals surface area contributed by atoms with E-state index in [0.29, 0.717) is 6.04 Å². The van der Waals surface area contributed by atoms with Crippen molar-refractivity contribution in [2.75, 3.05) is 7.11 Å². The van der Waals surface area contributed by atoms with Crippen molar-refractivity contribution >= 4 is 10.8 Å². The zero-order valence-corrected chi connectivity index (χ0v) is 13.8. The molecule has 1 unspecified atom stereocenters. The lowest BCUT2D eigenvalue weighted by Gasteiger charge is -2.16. The molecule has 0 aliphatic rings. The van der Waals surface area contributed by atoms with E-state index in [1.54, 1.807) is 7.11 Å². The molecule has 1 atom stereocenters. The Morgan fingerprint density at radius 3 is 2.30 bits per heavy atom. The van der Waals surface area contributed by atoms with Gasteiger partial charge in [0.05, 0.1) is 7.11 Å². The van der Waals surface area contributed by atoms with Gasteiger partial charge in [-0.3, -0.25) is 0 Å². The number of hydrogen-bond donors (Lipinski definition) is 1. The molecule has 0 bridgehead atoms. The van der Waals surface area contributed by atoms with Crippen LogP contribution in [-0.2, 0) is 13.0 Å². The van der Waals surface area contributed by atoms with Crippen LogP contribution in [0.4, 0.5) is 0 Å². The molecule has 0 aliphatic heterocycles. The summed E-state index contributed by atoms with van der Waals surface area (Å²) in [7, 11) is 1.73. The molecule has 0 spiro atoms. The fourth-order valence-corrected chi connectivity index (χ4v) is 2.98. The van der Waals surface area contributed by atoms with Crippen molar-refractivity contribution in [3.8, 4) is 5.75 Å². The number of benzene rings is 3. The number of nitrogens with one attached hydrogen (secondary N) is 1. The van der Waals surface area contributed by atoms with E-state index in [1.165, 1.54) is 21.9 Å². The SMILES string of the molecule is COc1ccc(CC(C)NCc2ccccc2)c2ccccc12. The summed E-state index contributed by atoms with van der Waals surface area (Å²) in [5.41, 5.74) is 2.67. The molecular weight excluding hydrogens is 282 g/mol. The van der Waals surface area contributed by atoms with Gasteiger partial charge in [0.25, 0.3) is 0 Å². The van der Waals surface area contributed by atoms with Crippen molar-refractivity contribution in [3.05, 3.63) is 77.9 Å². The highest BCUT2D eigenvalue weighted by atomic mass is 16.5. The number of ether oxygens (including phenoxy) is 1. The van der Waals surface area contributed by atoms with Crippen LogP contribution < -0.4 is 10.1 Å². The van der Waals surface area contributed by atoms with Crippen LogP contribution in [-0.4, -0.2) is 13.2 Å². The Kier molecular flexibility index (Phi) is 4.94. The van der Waals surface area contributed by atoms with Crippen LogP contribution >= 0.6 is 0 Å². The first-order chi connectivity index (χ1) is 11.3. The molecule has 0 aromatic heterocycles. The first-order valence-corrected chi connectivity index (χ1v) is 8.10. The molecule has 1 N–H and O–H groups in total. The van der Waals surface area contributed by atoms with Crippen LogP contribution in [0.25, 0.3) is 10.8 Å². The van der Waals surface area contributed by atoms with Gasteiger partial charge in [-0.25, -0.2) is 0 Å². The Bertz CT molecular complexity index is 767. The summed E-state index contributed by atoms with van der Waals surface area (Å²) in [4.78, 5) is 0. The maximum absolute atomic E-state index is 5.48. The highest BCUT2D eigenvalue weighted by Crippen LogP contribution is 2.28. The third-order valence-electron chi connectivity index (χ3n) is 4.22. The van der Waals surface area contributed by atoms with Crippen LogP contribution in [0.5, 0.6) is 5.75 Å². The first-order valence-electron chi connectivity index (χ1n) is 8.10. The van der Waals surface area contributed by atoms with Crippen molar-refractivity contribution in [1.29, 1.82) is 0 Å². The van der Waals surface area contributed by atoms with Crippen LogP contribution in [0.2, 0.25) is 0 Å². The fraction of sp³-hybridized carbons (Fsp3) is 0.238. The highest BCUT2D eigenvalue weighted by molar-refractivity contribution is 5.91. The number of fused-ring (bicyclic) bond motifs is 1. The minimum Gasteiger partial charge on any atom is -0.496 e. The largest absolute Gasteiger partial charge is 0.496 e. The molecule has 118 valence electrons. The second-order valence-electron chi connectivity index (χ2n) is 5.94. The van der Waals surface area contributed by atoms with Crippen molar-refractivity contribution in [2.45, 2.75) is 25.9 Å². The lowest BCUT2D eigenvalue weighted by atomic mass is 9.98. The minimum absolute atomic E-state index is 0.409. The average Bonchev–Trinajstić information content (AvgIpc) is 2.61. The summed E-state index contributed by atoms with van der Waals surface area (Å²) in [6.45, 7) is 3.14. The van der Waals surface area contributed by atoms with E-state index < -0.39 is 0 Å². The fourth-order valence-electron chi connectivity index (χ4n) is 2.98. The molecule has 0 heterocycles. The van der Waals surface area contributed by atoms with Gasteiger partial charge >= 0.3 is 0 Å². The van der Waals surface area contributed by atoms with Crippen LogP contribution in [0.1, 0.15) is 18.1 Å². The smallest absolute Gasteiger partial charge is 0.126 e. The Morgan fingerprint density at radius 1 is 0.870 bits per heavy atom. The average molecular weight is 305 g/mol. The monoisotopic (exact) mass is 305 g/mol. The molecule has 23 heavy (non-hydrogen) atoms. The van der Waals surface area contributed by atoms with Crippen LogP contribution in [0.3, 0.4) is 0 Å². The van der Waals surface area contributed by atoms with Gasteiger partial charge in [-0.1, -0.05) is 60.7 Å². The molecule has 3 rings (SSSR count). The highest BCUT2D eigenvalue weighted by Gasteiger charge is 2.09. The predicted molar refractivity (Wildman–Crippen MR) is 96.9 cm³/mol. The molecule has 3 aromatic carbocycles. The molecule has 0 fully saturated rings. The first kappa shape index (κ1) is 15.6. The van der Waals surface area contributed by atoms with Gasteiger partial charge < -0.3 is 10.1 Å². The summed E-state index contributed by atoms with van der Waals surface area (Å²) in [5, 5.41) is 6.07. The summed E-state index contributed by atoms with van der Waals surface area (Å²) < 4.78 is 5.48. The Morgan fingerprint density at radius 2 is 1.57 bits per heavy atom. The van der Waals surface area contributed by atoms with Gasteiger partial charge in [0.2, 0.25) is 0 Å². The number of methoxy groups -OCH3 is 1. The second-order valence-corrected chi connectivity index (χ2v) is 5.94. The van der Waals surface area contributed by atoms with E-state index in [1.807, 2.05) is 0 Å². The van der Waals surface area contributed by atoms with E-state index in [4.69, 9.17) is 4.74 Å². The summed E-state index contributed by atoms with van der Waals surface area (Å²) in [6, 6.07) is 23.6.